The second-order valence-corrected chi connectivity index (χ2v) is 7.33. The monoisotopic (exact) mass is 389 g/mol. The molecule has 4 N–H and O–H groups in total. The highest BCUT2D eigenvalue weighted by atomic mass is 32.1. The van der Waals surface area contributed by atoms with Gasteiger partial charge in [0.25, 0.3) is 0 Å². The van der Waals surface area contributed by atoms with E-state index < -0.39 is 0 Å². The van der Waals surface area contributed by atoms with Crippen LogP contribution in [0.3, 0.4) is 0 Å². The van der Waals surface area contributed by atoms with E-state index in [0.29, 0.717) is 21.7 Å². The highest BCUT2D eigenvalue weighted by molar-refractivity contribution is 7.13. The number of hydrogen-bond acceptors (Lipinski definition) is 6. The standard InChI is InChI=1S/C21H16FN5S/c22-15-4-1-13(2-5-15)21(25)17(10-24)14-3-8-20-26-11-18(27(20)12-14)19-7-6-16(9-23)28-19/h1-8,10-12,20,24,26H,25H2. The number of halogens is 1. The Kier molecular flexibility index (Phi) is 4.55. The molecule has 4 rings (SSSR count). The van der Waals surface area contributed by atoms with Crippen LogP contribution in [0.2, 0.25) is 0 Å². The largest absolute Gasteiger partial charge is 0.398 e. The first-order valence-electron chi connectivity index (χ1n) is 8.52. The van der Waals surface area contributed by atoms with E-state index in [9.17, 15) is 4.39 Å². The molecule has 0 fully saturated rings. The lowest BCUT2D eigenvalue weighted by Crippen LogP contribution is -2.33. The second kappa shape index (κ2) is 7.18. The summed E-state index contributed by atoms with van der Waals surface area (Å²) >= 11 is 1.42. The average Bonchev–Trinajstić information content (AvgIpc) is 3.35. The fraction of sp³-hybridized carbons (Fsp3) is 0.0476. The van der Waals surface area contributed by atoms with Gasteiger partial charge in [0.1, 0.15) is 22.9 Å². The maximum absolute atomic E-state index is 13.2. The number of fused-ring (bicyclic) bond motifs is 1. The number of thiophene rings is 1. The molecule has 2 aliphatic rings. The molecule has 5 nitrogen and oxygen atoms in total. The normalized spacial score (nSPS) is 18.4. The van der Waals surface area contributed by atoms with Gasteiger partial charge in [-0.3, -0.25) is 0 Å². The van der Waals surface area contributed by atoms with Gasteiger partial charge in [-0.15, -0.1) is 11.3 Å². The van der Waals surface area contributed by atoms with Crippen molar-refractivity contribution in [3.05, 3.63) is 93.2 Å². The van der Waals surface area contributed by atoms with Crippen molar-refractivity contribution < 1.29 is 4.39 Å². The van der Waals surface area contributed by atoms with Crippen LogP contribution in [0, 0.1) is 22.6 Å². The summed E-state index contributed by atoms with van der Waals surface area (Å²) in [5.41, 5.74) is 9.62. The highest BCUT2D eigenvalue weighted by Gasteiger charge is 2.27. The van der Waals surface area contributed by atoms with Gasteiger partial charge in [-0.1, -0.05) is 6.08 Å². The second-order valence-electron chi connectivity index (χ2n) is 6.25. The SMILES string of the molecule is N#Cc1ccc(C2=CNC3C=CC(C(C=N)=C(N)c4ccc(F)cc4)=CN23)s1. The zero-order valence-electron chi connectivity index (χ0n) is 14.7. The average molecular weight is 389 g/mol. The van der Waals surface area contributed by atoms with Gasteiger partial charge in [-0.2, -0.15) is 5.26 Å². The number of nitrogens with one attached hydrogen (secondary N) is 2. The lowest BCUT2D eigenvalue weighted by molar-refractivity contribution is 0.439. The quantitative estimate of drug-likeness (QED) is 0.695. The molecule has 138 valence electrons. The van der Waals surface area contributed by atoms with Crippen LogP contribution >= 0.6 is 11.3 Å². The molecule has 0 saturated heterocycles. The summed E-state index contributed by atoms with van der Waals surface area (Å²) in [6.45, 7) is 0. The van der Waals surface area contributed by atoms with Crippen molar-refractivity contribution in [2.75, 3.05) is 0 Å². The zero-order chi connectivity index (χ0) is 19.7. The first-order valence-corrected chi connectivity index (χ1v) is 9.34. The number of nitriles is 1. The first kappa shape index (κ1) is 17.8. The van der Waals surface area contributed by atoms with Crippen molar-refractivity contribution in [2.24, 2.45) is 5.73 Å². The van der Waals surface area contributed by atoms with Gasteiger partial charge in [0.05, 0.1) is 10.6 Å². The maximum Gasteiger partial charge on any atom is 0.123 e. The summed E-state index contributed by atoms with van der Waals surface area (Å²) in [6, 6.07) is 11.8. The summed E-state index contributed by atoms with van der Waals surface area (Å²) in [5, 5.41) is 20.2. The summed E-state index contributed by atoms with van der Waals surface area (Å²) < 4.78 is 13.2. The Balaban J connectivity index is 1.71. The lowest BCUT2D eigenvalue weighted by Gasteiger charge is -2.27. The third kappa shape index (κ3) is 3.10. The molecule has 1 aromatic heterocycles. The summed E-state index contributed by atoms with van der Waals surface area (Å²) in [5.74, 6) is -0.335. The van der Waals surface area contributed by atoms with Gasteiger partial charge in [0, 0.05) is 35.5 Å². The summed E-state index contributed by atoms with van der Waals surface area (Å²) in [4.78, 5) is 3.67. The van der Waals surface area contributed by atoms with Gasteiger partial charge in [-0.25, -0.2) is 4.39 Å². The molecule has 3 heterocycles. The van der Waals surface area contributed by atoms with E-state index in [4.69, 9.17) is 16.4 Å². The molecular weight excluding hydrogens is 373 g/mol. The Bertz CT molecular complexity index is 1100. The van der Waals surface area contributed by atoms with E-state index >= 15 is 0 Å². The van der Waals surface area contributed by atoms with Crippen molar-refractivity contribution in [3.63, 3.8) is 0 Å². The number of nitrogens with two attached hydrogens (primary N) is 1. The molecular formula is C21H16FN5S. The molecule has 0 aliphatic carbocycles. The van der Waals surface area contributed by atoms with E-state index in [0.717, 1.165) is 16.1 Å². The number of nitrogens with zero attached hydrogens (tertiary/aromatic N) is 2. The van der Waals surface area contributed by atoms with Crippen molar-refractivity contribution in [2.45, 2.75) is 6.17 Å². The van der Waals surface area contributed by atoms with Crippen LogP contribution in [0.4, 0.5) is 4.39 Å². The van der Waals surface area contributed by atoms with E-state index in [2.05, 4.69) is 11.4 Å². The third-order valence-corrected chi connectivity index (χ3v) is 5.59. The summed E-state index contributed by atoms with van der Waals surface area (Å²) in [6.07, 6.45) is 8.92. The zero-order valence-corrected chi connectivity index (χ0v) is 15.5. The molecule has 0 bridgehead atoms. The Morgan fingerprint density at radius 2 is 2.07 bits per heavy atom. The van der Waals surface area contributed by atoms with E-state index in [1.807, 2.05) is 35.5 Å². The van der Waals surface area contributed by atoms with Crippen LogP contribution in [0.5, 0.6) is 0 Å². The Morgan fingerprint density at radius 1 is 1.29 bits per heavy atom. The van der Waals surface area contributed by atoms with Crippen LogP contribution < -0.4 is 11.1 Å². The summed E-state index contributed by atoms with van der Waals surface area (Å²) in [7, 11) is 0. The number of hydrogen-bond donors (Lipinski definition) is 3. The Hall–Kier alpha value is -3.63. The third-order valence-electron chi connectivity index (χ3n) is 4.57. The predicted molar refractivity (Wildman–Crippen MR) is 109 cm³/mol. The first-order chi connectivity index (χ1) is 13.6. The van der Waals surface area contributed by atoms with Crippen LogP contribution in [0.15, 0.2) is 72.1 Å². The molecule has 28 heavy (non-hydrogen) atoms. The van der Waals surface area contributed by atoms with Crippen molar-refractivity contribution in [3.8, 4) is 6.07 Å². The van der Waals surface area contributed by atoms with Crippen molar-refractivity contribution >= 4 is 28.9 Å². The molecule has 0 radical (unpaired) electrons. The van der Waals surface area contributed by atoms with Gasteiger partial charge >= 0.3 is 0 Å². The Morgan fingerprint density at radius 3 is 2.75 bits per heavy atom. The van der Waals surface area contributed by atoms with Crippen molar-refractivity contribution in [1.82, 2.24) is 10.2 Å². The minimum atomic E-state index is -0.335. The minimum Gasteiger partial charge on any atom is -0.398 e. The van der Waals surface area contributed by atoms with E-state index in [1.165, 1.54) is 29.7 Å². The van der Waals surface area contributed by atoms with Crippen molar-refractivity contribution in [1.29, 1.82) is 10.7 Å². The number of benzene rings is 1. The molecule has 1 atom stereocenters. The number of rotatable bonds is 4. The molecule has 7 heteroatoms. The van der Waals surface area contributed by atoms with Crippen LogP contribution in [-0.4, -0.2) is 17.3 Å². The van der Waals surface area contributed by atoms with E-state index in [1.54, 1.807) is 18.2 Å². The molecule has 0 amide bonds. The molecule has 2 aromatic rings. The lowest BCUT2D eigenvalue weighted by atomic mass is 9.99. The molecule has 1 aromatic carbocycles. The fourth-order valence-corrected chi connectivity index (χ4v) is 3.97. The minimum absolute atomic E-state index is 0.0367. The highest BCUT2D eigenvalue weighted by Crippen LogP contribution is 2.34. The fourth-order valence-electron chi connectivity index (χ4n) is 3.15. The number of allylic oxidation sites excluding steroid dienone is 3. The van der Waals surface area contributed by atoms with Gasteiger partial charge in [-0.05, 0) is 48.0 Å². The Labute approximate surface area is 165 Å². The van der Waals surface area contributed by atoms with Crippen LogP contribution in [0.25, 0.3) is 11.4 Å². The smallest absolute Gasteiger partial charge is 0.123 e. The molecule has 0 saturated carbocycles. The van der Waals surface area contributed by atoms with Crippen LogP contribution in [0.1, 0.15) is 15.3 Å². The molecule has 0 spiro atoms. The predicted octanol–water partition coefficient (Wildman–Crippen LogP) is 3.76. The molecule has 2 aliphatic heterocycles. The van der Waals surface area contributed by atoms with Gasteiger partial charge in [0.15, 0.2) is 0 Å². The van der Waals surface area contributed by atoms with E-state index in [-0.39, 0.29) is 12.0 Å². The van der Waals surface area contributed by atoms with Gasteiger partial charge < -0.3 is 21.4 Å². The topological polar surface area (TPSA) is 88.9 Å². The van der Waals surface area contributed by atoms with Gasteiger partial charge in [0.2, 0.25) is 0 Å². The maximum atomic E-state index is 13.2. The molecule has 1 unspecified atom stereocenters. The van der Waals surface area contributed by atoms with Crippen LogP contribution in [-0.2, 0) is 0 Å².